The molecule has 1 rings (SSSR count). The number of hydrogen-bond donors (Lipinski definition) is 2. The number of hydrogen-bond acceptors (Lipinski definition) is 2. The van der Waals surface area contributed by atoms with E-state index in [0.717, 1.165) is 0 Å². The summed E-state index contributed by atoms with van der Waals surface area (Å²) in [7, 11) is 0. The fraction of sp³-hybridized carbons (Fsp3) is 0.500. The third-order valence-corrected chi connectivity index (χ3v) is 3.11. The summed E-state index contributed by atoms with van der Waals surface area (Å²) >= 11 is 0. The Bertz CT molecular complexity index is 453. The van der Waals surface area contributed by atoms with Crippen LogP contribution >= 0.6 is 0 Å². The second-order valence-electron chi connectivity index (χ2n) is 5.88. The van der Waals surface area contributed by atoms with E-state index < -0.39 is 5.41 Å². The maximum Gasteiger partial charge on any atom is 0.251 e. The van der Waals surface area contributed by atoms with Crippen LogP contribution < -0.4 is 10.6 Å². The van der Waals surface area contributed by atoms with Gasteiger partial charge in [-0.05, 0) is 32.4 Å². The SMILES string of the molecule is CC(C)NC(=O)C(C)(C)CCNC(=O)c1ccccc1. The molecule has 2 N–H and O–H groups in total. The first kappa shape index (κ1) is 16.2. The molecule has 0 aliphatic carbocycles. The summed E-state index contributed by atoms with van der Waals surface area (Å²) in [6.07, 6.45) is 0.601. The minimum atomic E-state index is -0.492. The van der Waals surface area contributed by atoms with E-state index in [1.807, 2.05) is 45.9 Å². The summed E-state index contributed by atoms with van der Waals surface area (Å²) in [5, 5.41) is 5.75. The molecule has 0 aliphatic rings. The van der Waals surface area contributed by atoms with Gasteiger partial charge in [-0.1, -0.05) is 32.0 Å². The van der Waals surface area contributed by atoms with E-state index in [1.165, 1.54) is 0 Å². The zero-order valence-corrected chi connectivity index (χ0v) is 12.7. The second kappa shape index (κ2) is 7.08. The van der Waals surface area contributed by atoms with E-state index in [-0.39, 0.29) is 17.9 Å². The van der Waals surface area contributed by atoms with Gasteiger partial charge in [0.1, 0.15) is 0 Å². The Morgan fingerprint density at radius 2 is 1.75 bits per heavy atom. The van der Waals surface area contributed by atoms with Crippen molar-refractivity contribution < 1.29 is 9.59 Å². The summed E-state index contributed by atoms with van der Waals surface area (Å²) in [6.45, 7) is 8.13. The Kier molecular flexibility index (Phi) is 5.74. The first-order valence-corrected chi connectivity index (χ1v) is 6.97. The van der Waals surface area contributed by atoms with E-state index in [1.54, 1.807) is 12.1 Å². The lowest BCUT2D eigenvalue weighted by Gasteiger charge is -2.25. The van der Waals surface area contributed by atoms with Crippen LogP contribution in [0.4, 0.5) is 0 Å². The quantitative estimate of drug-likeness (QED) is 0.838. The summed E-state index contributed by atoms with van der Waals surface area (Å²) in [6, 6.07) is 9.19. The number of benzene rings is 1. The third-order valence-electron chi connectivity index (χ3n) is 3.11. The molecule has 0 aromatic heterocycles. The lowest BCUT2D eigenvalue weighted by molar-refractivity contribution is -0.130. The third kappa shape index (κ3) is 5.03. The fourth-order valence-electron chi connectivity index (χ4n) is 1.75. The van der Waals surface area contributed by atoms with E-state index in [0.29, 0.717) is 18.5 Å². The van der Waals surface area contributed by atoms with Gasteiger partial charge >= 0.3 is 0 Å². The average Bonchev–Trinajstić information content (AvgIpc) is 2.38. The topological polar surface area (TPSA) is 58.2 Å². The van der Waals surface area contributed by atoms with Crippen LogP contribution in [-0.2, 0) is 4.79 Å². The van der Waals surface area contributed by atoms with Gasteiger partial charge in [0.15, 0.2) is 0 Å². The van der Waals surface area contributed by atoms with Crippen molar-refractivity contribution >= 4 is 11.8 Å². The van der Waals surface area contributed by atoms with Gasteiger partial charge in [0.05, 0.1) is 0 Å². The van der Waals surface area contributed by atoms with Gasteiger partial charge < -0.3 is 10.6 Å². The summed E-state index contributed by atoms with van der Waals surface area (Å²) in [5.74, 6) is -0.0906. The molecule has 0 saturated heterocycles. The van der Waals surface area contributed by atoms with Crippen LogP contribution in [0.5, 0.6) is 0 Å². The maximum atomic E-state index is 12.0. The highest BCUT2D eigenvalue weighted by Crippen LogP contribution is 2.20. The average molecular weight is 276 g/mol. The molecule has 2 amide bonds. The van der Waals surface area contributed by atoms with Crippen LogP contribution in [-0.4, -0.2) is 24.4 Å². The molecule has 1 aromatic carbocycles. The lowest BCUT2D eigenvalue weighted by atomic mass is 9.88. The molecule has 0 saturated carbocycles. The lowest BCUT2D eigenvalue weighted by Crippen LogP contribution is -2.42. The van der Waals surface area contributed by atoms with Crippen LogP contribution in [0, 0.1) is 5.41 Å². The first-order valence-electron chi connectivity index (χ1n) is 6.97. The van der Waals surface area contributed by atoms with E-state index in [4.69, 9.17) is 0 Å². The van der Waals surface area contributed by atoms with Gasteiger partial charge in [0, 0.05) is 23.6 Å². The van der Waals surface area contributed by atoms with Crippen molar-refractivity contribution in [2.75, 3.05) is 6.54 Å². The molecular weight excluding hydrogens is 252 g/mol. The molecule has 0 aliphatic heterocycles. The number of nitrogens with one attached hydrogen (secondary N) is 2. The molecule has 0 fully saturated rings. The normalized spacial score (nSPS) is 11.2. The molecule has 1 aromatic rings. The molecule has 0 spiro atoms. The minimum Gasteiger partial charge on any atom is -0.353 e. The van der Waals surface area contributed by atoms with Crippen LogP contribution in [0.3, 0.4) is 0 Å². The number of carbonyl (C=O) groups is 2. The van der Waals surface area contributed by atoms with Crippen LogP contribution in [0.1, 0.15) is 44.5 Å². The van der Waals surface area contributed by atoms with Gasteiger partial charge in [-0.25, -0.2) is 0 Å². The molecular formula is C16H24N2O2. The van der Waals surface area contributed by atoms with E-state index in [9.17, 15) is 9.59 Å². The molecule has 20 heavy (non-hydrogen) atoms. The Morgan fingerprint density at radius 1 is 1.15 bits per heavy atom. The summed E-state index contributed by atoms with van der Waals surface area (Å²) in [4.78, 5) is 23.9. The van der Waals surface area contributed by atoms with E-state index >= 15 is 0 Å². The van der Waals surface area contributed by atoms with Crippen molar-refractivity contribution in [3.05, 3.63) is 35.9 Å². The molecule has 0 unspecified atom stereocenters. The highest BCUT2D eigenvalue weighted by Gasteiger charge is 2.27. The summed E-state index contributed by atoms with van der Waals surface area (Å²) in [5.41, 5.74) is 0.144. The largest absolute Gasteiger partial charge is 0.353 e. The fourth-order valence-corrected chi connectivity index (χ4v) is 1.75. The van der Waals surface area contributed by atoms with Crippen LogP contribution in [0.2, 0.25) is 0 Å². The molecule has 0 atom stereocenters. The zero-order valence-electron chi connectivity index (χ0n) is 12.7. The molecule has 110 valence electrons. The predicted molar refractivity (Wildman–Crippen MR) is 80.5 cm³/mol. The van der Waals surface area contributed by atoms with Crippen molar-refractivity contribution in [3.63, 3.8) is 0 Å². The Labute approximate surface area is 121 Å². The van der Waals surface area contributed by atoms with Crippen molar-refractivity contribution in [2.24, 2.45) is 5.41 Å². The van der Waals surface area contributed by atoms with Gasteiger partial charge in [-0.15, -0.1) is 0 Å². The van der Waals surface area contributed by atoms with Crippen molar-refractivity contribution in [2.45, 2.75) is 40.2 Å². The van der Waals surface area contributed by atoms with E-state index in [2.05, 4.69) is 10.6 Å². The standard InChI is InChI=1S/C16H24N2O2/c1-12(2)18-15(20)16(3,4)10-11-17-14(19)13-8-6-5-7-9-13/h5-9,12H,10-11H2,1-4H3,(H,17,19)(H,18,20). The highest BCUT2D eigenvalue weighted by atomic mass is 16.2. The Morgan fingerprint density at radius 3 is 2.30 bits per heavy atom. The Balaban J connectivity index is 2.43. The van der Waals surface area contributed by atoms with Gasteiger partial charge in [-0.2, -0.15) is 0 Å². The minimum absolute atomic E-state index is 0.0152. The molecule has 0 heterocycles. The van der Waals surface area contributed by atoms with Gasteiger partial charge in [-0.3, -0.25) is 9.59 Å². The monoisotopic (exact) mass is 276 g/mol. The number of rotatable bonds is 6. The zero-order chi connectivity index (χ0) is 15.2. The second-order valence-corrected chi connectivity index (χ2v) is 5.88. The van der Waals surface area contributed by atoms with Gasteiger partial charge in [0.25, 0.3) is 5.91 Å². The Hall–Kier alpha value is -1.84. The van der Waals surface area contributed by atoms with Crippen molar-refractivity contribution in [3.8, 4) is 0 Å². The predicted octanol–water partition coefficient (Wildman–Crippen LogP) is 2.36. The molecule has 4 heteroatoms. The number of carbonyl (C=O) groups excluding carboxylic acids is 2. The van der Waals surface area contributed by atoms with Crippen molar-refractivity contribution in [1.82, 2.24) is 10.6 Å². The van der Waals surface area contributed by atoms with Crippen LogP contribution in [0.25, 0.3) is 0 Å². The van der Waals surface area contributed by atoms with Gasteiger partial charge in [0.2, 0.25) is 5.91 Å². The number of amides is 2. The smallest absolute Gasteiger partial charge is 0.251 e. The maximum absolute atomic E-state index is 12.0. The molecule has 0 radical (unpaired) electrons. The first-order chi connectivity index (χ1) is 9.33. The summed E-state index contributed by atoms with van der Waals surface area (Å²) < 4.78 is 0. The highest BCUT2D eigenvalue weighted by molar-refractivity contribution is 5.94. The van der Waals surface area contributed by atoms with Crippen molar-refractivity contribution in [1.29, 1.82) is 0 Å². The molecule has 4 nitrogen and oxygen atoms in total. The molecule has 0 bridgehead atoms. The van der Waals surface area contributed by atoms with Crippen LogP contribution in [0.15, 0.2) is 30.3 Å².